The van der Waals surface area contributed by atoms with Crippen LogP contribution < -0.4 is 9.80 Å². The van der Waals surface area contributed by atoms with Crippen LogP contribution >= 0.6 is 11.6 Å². The Morgan fingerprint density at radius 1 is 1.07 bits per heavy atom. The summed E-state index contributed by atoms with van der Waals surface area (Å²) in [5.41, 5.74) is 4.06. The molecular weight excluding hydrogens is 400 g/mol. The SMILES string of the molecule is CN1CCN(c2ccc3nc(C4=C(O)CN(c5cccc(Cl)c5)C4=N)[nH]c3c2)CC1. The van der Waals surface area contributed by atoms with Gasteiger partial charge in [-0.3, -0.25) is 5.41 Å². The normalized spacial score (nSPS) is 18.1. The molecule has 0 amide bonds. The molecule has 1 fully saturated rings. The Labute approximate surface area is 179 Å². The zero-order valence-corrected chi connectivity index (χ0v) is 17.4. The number of H-pyrrole nitrogens is 1. The van der Waals surface area contributed by atoms with Crippen LogP contribution in [0.15, 0.2) is 48.2 Å². The molecule has 2 aliphatic rings. The fourth-order valence-electron chi connectivity index (χ4n) is 4.07. The first kappa shape index (κ1) is 19.0. The summed E-state index contributed by atoms with van der Waals surface area (Å²) in [4.78, 5) is 14.4. The first-order valence-corrected chi connectivity index (χ1v) is 10.3. The van der Waals surface area contributed by atoms with Gasteiger partial charge >= 0.3 is 0 Å². The second kappa shape index (κ2) is 7.34. The number of likely N-dealkylation sites (N-methyl/N-ethyl adjacent to an activating group) is 1. The third kappa shape index (κ3) is 3.30. The van der Waals surface area contributed by atoms with E-state index in [0.717, 1.165) is 48.6 Å². The van der Waals surface area contributed by atoms with E-state index >= 15 is 0 Å². The number of anilines is 2. The van der Waals surface area contributed by atoms with E-state index in [4.69, 9.17) is 17.0 Å². The number of halogens is 1. The van der Waals surface area contributed by atoms with Crippen molar-refractivity contribution in [2.75, 3.05) is 49.6 Å². The van der Waals surface area contributed by atoms with Gasteiger partial charge in [0.25, 0.3) is 0 Å². The van der Waals surface area contributed by atoms with Gasteiger partial charge in [-0.1, -0.05) is 17.7 Å². The van der Waals surface area contributed by atoms with E-state index in [0.29, 0.717) is 16.4 Å². The Hall–Kier alpha value is -3.03. The smallest absolute Gasteiger partial charge is 0.145 e. The number of rotatable bonds is 3. The summed E-state index contributed by atoms with van der Waals surface area (Å²) >= 11 is 6.10. The molecule has 1 aromatic heterocycles. The summed E-state index contributed by atoms with van der Waals surface area (Å²) in [6.45, 7) is 4.30. The van der Waals surface area contributed by atoms with Crippen molar-refractivity contribution in [2.24, 2.45) is 0 Å². The van der Waals surface area contributed by atoms with Crippen molar-refractivity contribution in [1.29, 1.82) is 5.41 Å². The first-order chi connectivity index (χ1) is 14.5. The number of imidazole rings is 1. The lowest BCUT2D eigenvalue weighted by molar-refractivity contribution is 0.313. The van der Waals surface area contributed by atoms with Crippen LogP contribution in [-0.2, 0) is 0 Å². The first-order valence-electron chi connectivity index (χ1n) is 9.97. The van der Waals surface area contributed by atoms with Gasteiger partial charge in [0.15, 0.2) is 0 Å². The van der Waals surface area contributed by atoms with E-state index < -0.39 is 0 Å². The molecule has 0 spiro atoms. The molecule has 3 aromatic rings. The molecule has 0 unspecified atom stereocenters. The summed E-state index contributed by atoms with van der Waals surface area (Å²) < 4.78 is 0. The van der Waals surface area contributed by atoms with Crippen LogP contribution in [0.2, 0.25) is 5.02 Å². The Morgan fingerprint density at radius 3 is 2.63 bits per heavy atom. The van der Waals surface area contributed by atoms with Crippen LogP contribution in [0, 0.1) is 5.41 Å². The summed E-state index contributed by atoms with van der Waals surface area (Å²) in [5.74, 6) is 0.832. The fourth-order valence-corrected chi connectivity index (χ4v) is 4.25. The second-order valence-electron chi connectivity index (χ2n) is 7.81. The van der Waals surface area contributed by atoms with Crippen molar-refractivity contribution in [2.45, 2.75) is 0 Å². The molecule has 154 valence electrons. The Kier molecular flexibility index (Phi) is 4.64. The van der Waals surface area contributed by atoms with Crippen LogP contribution in [0.1, 0.15) is 5.82 Å². The molecule has 30 heavy (non-hydrogen) atoms. The average Bonchev–Trinajstić information content (AvgIpc) is 3.27. The lowest BCUT2D eigenvalue weighted by Gasteiger charge is -2.34. The highest BCUT2D eigenvalue weighted by Crippen LogP contribution is 2.32. The minimum atomic E-state index is 0.123. The Bertz CT molecular complexity index is 1160. The summed E-state index contributed by atoms with van der Waals surface area (Å²) in [5, 5.41) is 19.8. The van der Waals surface area contributed by atoms with Gasteiger partial charge in [-0.2, -0.15) is 0 Å². The van der Waals surface area contributed by atoms with Crippen molar-refractivity contribution >= 4 is 45.4 Å². The van der Waals surface area contributed by atoms with Crippen molar-refractivity contribution < 1.29 is 5.11 Å². The molecule has 2 aromatic carbocycles. The number of aliphatic hydroxyl groups excluding tert-OH is 1. The third-order valence-corrected chi connectivity index (χ3v) is 6.03. The summed E-state index contributed by atoms with van der Waals surface area (Å²) in [6.07, 6.45) is 0. The van der Waals surface area contributed by atoms with E-state index in [9.17, 15) is 5.11 Å². The number of nitrogens with one attached hydrogen (secondary N) is 2. The zero-order chi connectivity index (χ0) is 20.8. The molecule has 0 saturated carbocycles. The number of fused-ring (bicyclic) bond motifs is 1. The van der Waals surface area contributed by atoms with Gasteiger partial charge in [-0.25, -0.2) is 4.98 Å². The lowest BCUT2D eigenvalue weighted by Crippen LogP contribution is -2.44. The van der Waals surface area contributed by atoms with Crippen LogP contribution in [-0.4, -0.2) is 65.6 Å². The molecule has 5 rings (SSSR count). The maximum Gasteiger partial charge on any atom is 0.145 e. The molecule has 8 heteroatoms. The molecule has 7 nitrogen and oxygen atoms in total. The fraction of sp³-hybridized carbons (Fsp3) is 0.273. The predicted octanol–water partition coefficient (Wildman–Crippen LogP) is 3.73. The molecule has 0 atom stereocenters. The van der Waals surface area contributed by atoms with E-state index in [1.54, 1.807) is 17.0 Å². The topological polar surface area (TPSA) is 82.5 Å². The molecule has 0 aliphatic carbocycles. The highest BCUT2D eigenvalue weighted by Gasteiger charge is 2.31. The molecule has 0 bridgehead atoms. The minimum Gasteiger partial charge on any atom is -0.509 e. The van der Waals surface area contributed by atoms with Crippen molar-refractivity contribution in [1.82, 2.24) is 14.9 Å². The number of hydrogen-bond donors (Lipinski definition) is 3. The van der Waals surface area contributed by atoms with E-state index in [1.165, 1.54) is 0 Å². The van der Waals surface area contributed by atoms with Gasteiger partial charge in [-0.15, -0.1) is 0 Å². The van der Waals surface area contributed by atoms with E-state index in [1.807, 2.05) is 18.2 Å². The molecular formula is C22H23ClN6O. The lowest BCUT2D eigenvalue weighted by atomic mass is 10.2. The van der Waals surface area contributed by atoms with Gasteiger partial charge in [-0.05, 0) is 43.4 Å². The van der Waals surface area contributed by atoms with Gasteiger partial charge in [0.1, 0.15) is 17.4 Å². The standard InChI is InChI=1S/C22H23ClN6O/c1-27-7-9-28(10-8-27)15-5-6-17-18(12-15)26-22(25-17)20-19(30)13-29(21(20)24)16-4-2-3-14(23)11-16/h2-6,11-12,24,30H,7-10,13H2,1H3,(H,25,26). The average molecular weight is 423 g/mol. The maximum atomic E-state index is 10.6. The van der Waals surface area contributed by atoms with Crippen LogP contribution in [0.4, 0.5) is 11.4 Å². The van der Waals surface area contributed by atoms with Gasteiger partial charge in [0, 0.05) is 42.6 Å². The molecule has 0 radical (unpaired) electrons. The van der Waals surface area contributed by atoms with Gasteiger partial charge < -0.3 is 24.8 Å². The highest BCUT2D eigenvalue weighted by atomic mass is 35.5. The van der Waals surface area contributed by atoms with Gasteiger partial charge in [0.2, 0.25) is 0 Å². The van der Waals surface area contributed by atoms with Crippen molar-refractivity contribution in [3.8, 4) is 0 Å². The van der Waals surface area contributed by atoms with Crippen LogP contribution in [0.25, 0.3) is 16.6 Å². The Balaban J connectivity index is 1.44. The molecule has 2 aliphatic heterocycles. The second-order valence-corrected chi connectivity index (χ2v) is 8.25. The number of aromatic amines is 1. The molecule has 3 heterocycles. The number of piperazine rings is 1. The number of nitrogens with zero attached hydrogens (tertiary/aromatic N) is 4. The number of aliphatic hydroxyl groups is 1. The number of hydrogen-bond acceptors (Lipinski definition) is 5. The van der Waals surface area contributed by atoms with Crippen molar-refractivity contribution in [3.63, 3.8) is 0 Å². The molecule has 1 saturated heterocycles. The highest BCUT2D eigenvalue weighted by molar-refractivity contribution is 6.32. The monoisotopic (exact) mass is 422 g/mol. The quantitative estimate of drug-likeness (QED) is 0.599. The maximum absolute atomic E-state index is 10.6. The predicted molar refractivity (Wildman–Crippen MR) is 122 cm³/mol. The number of benzene rings is 2. The largest absolute Gasteiger partial charge is 0.509 e. The van der Waals surface area contributed by atoms with E-state index in [-0.39, 0.29) is 18.1 Å². The number of amidine groups is 1. The molecule has 3 N–H and O–H groups in total. The summed E-state index contributed by atoms with van der Waals surface area (Å²) in [7, 11) is 2.14. The van der Waals surface area contributed by atoms with Gasteiger partial charge in [0.05, 0.1) is 23.2 Å². The van der Waals surface area contributed by atoms with Crippen LogP contribution in [0.3, 0.4) is 0 Å². The Morgan fingerprint density at radius 2 is 1.87 bits per heavy atom. The van der Waals surface area contributed by atoms with Crippen LogP contribution in [0.5, 0.6) is 0 Å². The van der Waals surface area contributed by atoms with Crippen molar-refractivity contribution in [3.05, 3.63) is 59.1 Å². The summed E-state index contributed by atoms with van der Waals surface area (Å²) in [6, 6.07) is 13.5. The van der Waals surface area contributed by atoms with E-state index in [2.05, 4.69) is 38.9 Å². The third-order valence-electron chi connectivity index (χ3n) is 5.79. The number of aromatic nitrogens is 2. The zero-order valence-electron chi connectivity index (χ0n) is 16.7. The minimum absolute atomic E-state index is 0.123.